The standard InChI is InChI=1S/C26H26BrN3O7S/c1-15-24(28-26(33)34)25(32)29(13-19-18-10-9-17(27)12-16(18)8-11-22(19)37-2)20-6-4-5-7-21(20)30(15)23(31)14-38(3,35)36/h4-12,15,24,28H,13-14H2,1-3H3,(H,33,34)/t15-,24-/m0/s1. The van der Waals surface area contributed by atoms with Crippen molar-refractivity contribution in [2.45, 2.75) is 25.6 Å². The van der Waals surface area contributed by atoms with E-state index in [-0.39, 0.29) is 6.54 Å². The summed E-state index contributed by atoms with van der Waals surface area (Å²) in [6, 6.07) is 13.6. The van der Waals surface area contributed by atoms with Crippen molar-refractivity contribution in [2.24, 2.45) is 0 Å². The number of hydrogen-bond acceptors (Lipinski definition) is 6. The summed E-state index contributed by atoms with van der Waals surface area (Å²) in [7, 11) is -2.19. The van der Waals surface area contributed by atoms with Crippen LogP contribution < -0.4 is 19.9 Å². The lowest BCUT2D eigenvalue weighted by Gasteiger charge is -2.31. The van der Waals surface area contributed by atoms with Crippen molar-refractivity contribution in [1.82, 2.24) is 5.32 Å². The fourth-order valence-electron chi connectivity index (χ4n) is 4.75. The molecule has 3 aromatic carbocycles. The summed E-state index contributed by atoms with van der Waals surface area (Å²) < 4.78 is 30.5. The lowest BCUT2D eigenvalue weighted by Crippen LogP contribution is -2.58. The summed E-state index contributed by atoms with van der Waals surface area (Å²) in [5, 5.41) is 13.5. The molecule has 0 unspecified atom stereocenters. The molecule has 0 saturated heterocycles. The molecular weight excluding hydrogens is 578 g/mol. The van der Waals surface area contributed by atoms with Gasteiger partial charge in [0.25, 0.3) is 5.91 Å². The van der Waals surface area contributed by atoms with Crippen molar-refractivity contribution in [3.63, 3.8) is 0 Å². The van der Waals surface area contributed by atoms with Crippen molar-refractivity contribution >= 4 is 65.8 Å². The van der Waals surface area contributed by atoms with E-state index in [1.165, 1.54) is 23.8 Å². The average molecular weight is 604 g/mol. The first-order chi connectivity index (χ1) is 17.9. The maximum absolute atomic E-state index is 14.0. The van der Waals surface area contributed by atoms with Crippen molar-refractivity contribution in [2.75, 3.05) is 28.9 Å². The lowest BCUT2D eigenvalue weighted by atomic mass is 10.0. The maximum atomic E-state index is 14.0. The van der Waals surface area contributed by atoms with Crippen LogP contribution in [0.4, 0.5) is 16.2 Å². The fourth-order valence-corrected chi connectivity index (χ4v) is 5.72. The molecule has 3 amide bonds. The van der Waals surface area contributed by atoms with Crippen LogP contribution in [0, 0.1) is 0 Å². The first-order valence-corrected chi connectivity index (χ1v) is 14.4. The third-order valence-corrected chi connectivity index (χ3v) is 7.64. The number of methoxy groups -OCH3 is 1. The predicted molar refractivity (Wildman–Crippen MR) is 147 cm³/mol. The Balaban J connectivity index is 1.92. The van der Waals surface area contributed by atoms with Gasteiger partial charge in [-0.1, -0.05) is 40.2 Å². The molecule has 2 N–H and O–H groups in total. The lowest BCUT2D eigenvalue weighted by molar-refractivity contribution is -0.121. The van der Waals surface area contributed by atoms with E-state index in [0.717, 1.165) is 21.5 Å². The van der Waals surface area contributed by atoms with E-state index in [4.69, 9.17) is 4.74 Å². The molecule has 0 saturated carbocycles. The first kappa shape index (κ1) is 27.4. The van der Waals surface area contributed by atoms with Crippen LogP contribution in [-0.2, 0) is 26.0 Å². The highest BCUT2D eigenvalue weighted by Gasteiger charge is 2.42. The van der Waals surface area contributed by atoms with Crippen LogP contribution in [0.25, 0.3) is 10.8 Å². The van der Waals surface area contributed by atoms with Crippen molar-refractivity contribution in [1.29, 1.82) is 0 Å². The first-order valence-electron chi connectivity index (χ1n) is 11.6. The molecule has 0 aromatic heterocycles. The molecule has 2 atom stereocenters. The second kappa shape index (κ2) is 10.6. The number of carboxylic acid groups (broad SMARTS) is 1. The third-order valence-electron chi connectivity index (χ3n) is 6.37. The summed E-state index contributed by atoms with van der Waals surface area (Å²) in [5.74, 6) is -1.65. The summed E-state index contributed by atoms with van der Waals surface area (Å²) in [5.41, 5.74) is 1.30. The molecule has 0 bridgehead atoms. The van der Waals surface area contributed by atoms with Crippen LogP contribution in [0.3, 0.4) is 0 Å². The Labute approximate surface area is 228 Å². The molecule has 0 aliphatic carbocycles. The van der Waals surface area contributed by atoms with E-state index in [1.54, 1.807) is 30.3 Å². The van der Waals surface area contributed by atoms with Crippen molar-refractivity contribution < 1.29 is 32.6 Å². The Bertz CT molecular complexity index is 1540. The number of carbonyl (C=O) groups excluding carboxylic acids is 2. The number of fused-ring (bicyclic) bond motifs is 2. The number of nitrogens with zero attached hydrogens (tertiary/aromatic N) is 2. The number of sulfone groups is 1. The van der Waals surface area contributed by atoms with Gasteiger partial charge in [0.15, 0.2) is 9.84 Å². The molecule has 0 radical (unpaired) electrons. The minimum atomic E-state index is -3.71. The molecule has 200 valence electrons. The van der Waals surface area contributed by atoms with Gasteiger partial charge in [-0.3, -0.25) is 9.59 Å². The number of ether oxygens (including phenoxy) is 1. The van der Waals surface area contributed by atoms with Crippen molar-refractivity contribution in [3.05, 3.63) is 64.6 Å². The molecule has 0 spiro atoms. The average Bonchev–Trinajstić information content (AvgIpc) is 2.91. The molecular formula is C26H26BrN3O7S. The van der Waals surface area contributed by atoms with Crippen LogP contribution in [0.2, 0.25) is 0 Å². The van der Waals surface area contributed by atoms with Gasteiger partial charge in [-0.15, -0.1) is 0 Å². The number of halogens is 1. The summed E-state index contributed by atoms with van der Waals surface area (Å²) in [6.45, 7) is 1.51. The van der Waals surface area contributed by atoms with Gasteiger partial charge in [-0.25, -0.2) is 13.2 Å². The quantitative estimate of drug-likeness (QED) is 0.440. The summed E-state index contributed by atoms with van der Waals surface area (Å²) in [4.78, 5) is 41.6. The van der Waals surface area contributed by atoms with Gasteiger partial charge in [-0.05, 0) is 48.0 Å². The third kappa shape index (κ3) is 5.46. The molecule has 3 aromatic rings. The Morgan fingerprint density at radius 2 is 1.79 bits per heavy atom. The Hall–Kier alpha value is -3.64. The number of benzene rings is 3. The molecule has 12 heteroatoms. The highest BCUT2D eigenvalue weighted by atomic mass is 79.9. The number of rotatable bonds is 6. The Kier molecular flexibility index (Phi) is 7.65. The maximum Gasteiger partial charge on any atom is 0.405 e. The topological polar surface area (TPSA) is 133 Å². The molecule has 4 rings (SSSR count). The summed E-state index contributed by atoms with van der Waals surface area (Å²) in [6.07, 6.45) is -0.515. The number of carbonyl (C=O) groups is 3. The van der Waals surface area contributed by atoms with Gasteiger partial charge in [0, 0.05) is 16.3 Å². The highest BCUT2D eigenvalue weighted by Crippen LogP contribution is 2.39. The number of para-hydroxylation sites is 2. The van der Waals surface area contributed by atoms with E-state index in [2.05, 4.69) is 21.2 Å². The van der Waals surface area contributed by atoms with Gasteiger partial charge in [0.2, 0.25) is 5.91 Å². The second-order valence-corrected chi connectivity index (χ2v) is 12.1. The molecule has 1 heterocycles. The van der Waals surface area contributed by atoms with Gasteiger partial charge in [-0.2, -0.15) is 0 Å². The molecule has 10 nitrogen and oxygen atoms in total. The SMILES string of the molecule is COc1ccc2cc(Br)ccc2c1CN1C(=O)[C@@H](NC(=O)O)[C@H](C)N(C(=O)CS(C)(=O)=O)c2ccccc21. The number of anilines is 2. The Morgan fingerprint density at radius 3 is 2.42 bits per heavy atom. The largest absolute Gasteiger partial charge is 0.496 e. The summed E-state index contributed by atoms with van der Waals surface area (Å²) >= 11 is 3.47. The van der Waals surface area contributed by atoms with Crippen LogP contribution >= 0.6 is 15.9 Å². The van der Waals surface area contributed by atoms with Crippen LogP contribution in [0.1, 0.15) is 12.5 Å². The predicted octanol–water partition coefficient (Wildman–Crippen LogP) is 3.56. The van der Waals surface area contributed by atoms with Crippen LogP contribution in [0.5, 0.6) is 5.75 Å². The molecule has 1 aliphatic heterocycles. The van der Waals surface area contributed by atoms with Crippen LogP contribution in [-0.4, -0.2) is 62.6 Å². The fraction of sp³-hybridized carbons (Fsp3) is 0.269. The minimum Gasteiger partial charge on any atom is -0.496 e. The monoisotopic (exact) mass is 603 g/mol. The van der Waals surface area contributed by atoms with Gasteiger partial charge < -0.3 is 25.0 Å². The van der Waals surface area contributed by atoms with E-state index < -0.39 is 45.6 Å². The Morgan fingerprint density at radius 1 is 1.11 bits per heavy atom. The molecule has 38 heavy (non-hydrogen) atoms. The van der Waals surface area contributed by atoms with E-state index in [9.17, 15) is 27.9 Å². The minimum absolute atomic E-state index is 0.00335. The van der Waals surface area contributed by atoms with Gasteiger partial charge in [0.05, 0.1) is 31.1 Å². The van der Waals surface area contributed by atoms with Gasteiger partial charge >= 0.3 is 6.09 Å². The smallest absolute Gasteiger partial charge is 0.405 e. The second-order valence-electron chi connectivity index (χ2n) is 9.03. The zero-order valence-electron chi connectivity index (χ0n) is 20.8. The zero-order valence-corrected chi connectivity index (χ0v) is 23.2. The van der Waals surface area contributed by atoms with Crippen molar-refractivity contribution in [3.8, 4) is 5.75 Å². The van der Waals surface area contributed by atoms with E-state index in [0.29, 0.717) is 22.7 Å². The number of amides is 3. The van der Waals surface area contributed by atoms with Gasteiger partial charge in [0.1, 0.15) is 17.5 Å². The number of hydrogen-bond donors (Lipinski definition) is 2. The zero-order chi connectivity index (χ0) is 27.8. The van der Waals surface area contributed by atoms with E-state index >= 15 is 0 Å². The molecule has 1 aliphatic rings. The van der Waals surface area contributed by atoms with Crippen LogP contribution in [0.15, 0.2) is 59.1 Å². The van der Waals surface area contributed by atoms with E-state index in [1.807, 2.05) is 24.3 Å². The normalized spacial score (nSPS) is 17.6. The molecule has 0 fully saturated rings. The number of nitrogens with one attached hydrogen (secondary N) is 1. The highest BCUT2D eigenvalue weighted by molar-refractivity contribution is 9.10.